The maximum absolute atomic E-state index is 13.0. The van der Waals surface area contributed by atoms with Crippen LogP contribution in [0.1, 0.15) is 0 Å². The minimum atomic E-state index is -0.496. The van der Waals surface area contributed by atoms with E-state index in [9.17, 15) is 13.6 Å². The van der Waals surface area contributed by atoms with Gasteiger partial charge in [-0.2, -0.15) is 4.98 Å². The largest absolute Gasteiger partial charge is 0.484 e. The minimum Gasteiger partial charge on any atom is -0.484 e. The van der Waals surface area contributed by atoms with Crippen molar-refractivity contribution in [2.24, 2.45) is 0 Å². The number of anilines is 1. The molecule has 3 aromatic rings. The predicted molar refractivity (Wildman–Crippen MR) is 82.3 cm³/mol. The first-order valence-electron chi connectivity index (χ1n) is 6.97. The molecule has 0 radical (unpaired) electrons. The second-order valence-corrected chi connectivity index (χ2v) is 4.81. The lowest BCUT2D eigenvalue weighted by molar-refractivity contribution is -0.118. The molecule has 3 rings (SSSR count). The zero-order valence-corrected chi connectivity index (χ0v) is 12.3. The number of nitrogens with one attached hydrogen (secondary N) is 2. The SMILES string of the molecule is O=C(COc1cccc(F)c1)Nc1n[nH]c(-c2ccc(F)cc2)n1. The molecule has 0 bridgehead atoms. The van der Waals surface area contributed by atoms with Crippen molar-refractivity contribution in [1.29, 1.82) is 0 Å². The van der Waals surface area contributed by atoms with Gasteiger partial charge >= 0.3 is 0 Å². The van der Waals surface area contributed by atoms with Gasteiger partial charge in [-0.05, 0) is 36.4 Å². The summed E-state index contributed by atoms with van der Waals surface area (Å²) in [4.78, 5) is 15.9. The number of H-pyrrole nitrogens is 1. The number of ether oxygens (including phenoxy) is 1. The van der Waals surface area contributed by atoms with Crippen molar-refractivity contribution >= 4 is 11.9 Å². The van der Waals surface area contributed by atoms with Gasteiger partial charge < -0.3 is 4.74 Å². The molecule has 0 atom stereocenters. The summed E-state index contributed by atoms with van der Waals surface area (Å²) in [6, 6.07) is 11.1. The Balaban J connectivity index is 1.58. The fourth-order valence-corrected chi connectivity index (χ4v) is 1.92. The monoisotopic (exact) mass is 330 g/mol. The van der Waals surface area contributed by atoms with E-state index in [1.807, 2.05) is 0 Å². The van der Waals surface area contributed by atoms with E-state index >= 15 is 0 Å². The number of hydrogen-bond donors (Lipinski definition) is 2. The Morgan fingerprint density at radius 3 is 2.67 bits per heavy atom. The highest BCUT2D eigenvalue weighted by Crippen LogP contribution is 2.16. The highest BCUT2D eigenvalue weighted by molar-refractivity contribution is 5.90. The van der Waals surface area contributed by atoms with Gasteiger partial charge in [0.2, 0.25) is 5.95 Å². The number of rotatable bonds is 5. The molecule has 0 aliphatic heterocycles. The molecular formula is C16H12F2N4O2. The third-order valence-electron chi connectivity index (χ3n) is 3.02. The van der Waals surface area contributed by atoms with Gasteiger partial charge in [-0.15, -0.1) is 5.10 Å². The molecule has 0 spiro atoms. The summed E-state index contributed by atoms with van der Waals surface area (Å²) in [5.74, 6) is -0.623. The van der Waals surface area contributed by atoms with Crippen LogP contribution in [0.3, 0.4) is 0 Å². The van der Waals surface area contributed by atoms with Crippen LogP contribution >= 0.6 is 0 Å². The Morgan fingerprint density at radius 1 is 1.12 bits per heavy atom. The summed E-state index contributed by atoms with van der Waals surface area (Å²) in [6.07, 6.45) is 0. The van der Waals surface area contributed by atoms with E-state index in [1.54, 1.807) is 0 Å². The zero-order chi connectivity index (χ0) is 16.9. The lowest BCUT2D eigenvalue weighted by atomic mass is 10.2. The van der Waals surface area contributed by atoms with E-state index < -0.39 is 11.7 Å². The average Bonchev–Trinajstić information content (AvgIpc) is 3.02. The van der Waals surface area contributed by atoms with Crippen LogP contribution in [0.2, 0.25) is 0 Å². The van der Waals surface area contributed by atoms with E-state index in [0.717, 1.165) is 0 Å². The van der Waals surface area contributed by atoms with Crippen LogP contribution in [0.5, 0.6) is 5.75 Å². The number of halogens is 2. The topological polar surface area (TPSA) is 79.9 Å². The molecule has 6 nitrogen and oxygen atoms in total. The number of carbonyl (C=O) groups is 1. The van der Waals surface area contributed by atoms with Gasteiger partial charge in [0.25, 0.3) is 5.91 Å². The van der Waals surface area contributed by atoms with Gasteiger partial charge in [0.05, 0.1) is 0 Å². The molecule has 8 heteroatoms. The summed E-state index contributed by atoms with van der Waals surface area (Å²) in [6.45, 7) is -0.316. The van der Waals surface area contributed by atoms with Crippen LogP contribution in [0.4, 0.5) is 14.7 Å². The number of amides is 1. The molecule has 0 aliphatic rings. The molecule has 0 aliphatic carbocycles. The van der Waals surface area contributed by atoms with Gasteiger partial charge in [-0.25, -0.2) is 8.78 Å². The Bertz CT molecular complexity index is 849. The molecular weight excluding hydrogens is 318 g/mol. The molecule has 1 amide bonds. The Morgan fingerprint density at radius 2 is 1.92 bits per heavy atom. The third kappa shape index (κ3) is 3.92. The Labute approximate surface area is 135 Å². The molecule has 2 N–H and O–H groups in total. The quantitative estimate of drug-likeness (QED) is 0.754. The van der Waals surface area contributed by atoms with E-state index in [-0.39, 0.29) is 24.1 Å². The fraction of sp³-hybridized carbons (Fsp3) is 0.0625. The van der Waals surface area contributed by atoms with Crippen molar-refractivity contribution in [2.75, 3.05) is 11.9 Å². The van der Waals surface area contributed by atoms with Crippen molar-refractivity contribution in [3.8, 4) is 17.1 Å². The van der Waals surface area contributed by atoms with E-state index in [4.69, 9.17) is 4.74 Å². The zero-order valence-electron chi connectivity index (χ0n) is 12.3. The lowest BCUT2D eigenvalue weighted by Gasteiger charge is -2.05. The van der Waals surface area contributed by atoms with Gasteiger partial charge in [0, 0.05) is 11.6 Å². The average molecular weight is 330 g/mol. The summed E-state index contributed by atoms with van der Waals surface area (Å²) < 4.78 is 31.1. The molecule has 2 aromatic carbocycles. The lowest BCUT2D eigenvalue weighted by Crippen LogP contribution is -2.20. The van der Waals surface area contributed by atoms with Crippen LogP contribution in [0.15, 0.2) is 48.5 Å². The van der Waals surface area contributed by atoms with Crippen LogP contribution in [0, 0.1) is 11.6 Å². The van der Waals surface area contributed by atoms with Crippen LogP contribution in [-0.2, 0) is 4.79 Å². The molecule has 0 saturated heterocycles. The van der Waals surface area contributed by atoms with E-state index in [1.165, 1.54) is 48.5 Å². The molecule has 122 valence electrons. The highest BCUT2D eigenvalue weighted by atomic mass is 19.1. The van der Waals surface area contributed by atoms with Crippen LogP contribution in [-0.4, -0.2) is 27.7 Å². The number of aromatic nitrogens is 3. The second kappa shape index (κ2) is 6.86. The molecule has 0 unspecified atom stereocenters. The smallest absolute Gasteiger partial charge is 0.264 e. The molecule has 1 aromatic heterocycles. The molecule has 1 heterocycles. The van der Waals surface area contributed by atoms with Crippen molar-refractivity contribution in [3.05, 3.63) is 60.2 Å². The third-order valence-corrected chi connectivity index (χ3v) is 3.02. The van der Waals surface area contributed by atoms with E-state index in [0.29, 0.717) is 11.4 Å². The maximum atomic E-state index is 13.0. The first-order valence-corrected chi connectivity index (χ1v) is 6.97. The number of carbonyl (C=O) groups excluding carboxylic acids is 1. The standard InChI is InChI=1S/C16H12F2N4O2/c17-11-6-4-10(5-7-11)15-20-16(22-21-15)19-14(23)9-24-13-3-1-2-12(18)8-13/h1-8H,9H2,(H2,19,20,21,22,23). The van der Waals surface area contributed by atoms with Crippen molar-refractivity contribution in [2.45, 2.75) is 0 Å². The summed E-state index contributed by atoms with van der Waals surface area (Å²) in [5.41, 5.74) is 0.625. The van der Waals surface area contributed by atoms with Gasteiger partial charge in [-0.3, -0.25) is 15.2 Å². The number of nitrogens with zero attached hydrogens (tertiary/aromatic N) is 2. The van der Waals surface area contributed by atoms with Gasteiger partial charge in [0.1, 0.15) is 17.4 Å². The van der Waals surface area contributed by atoms with Crippen LogP contribution < -0.4 is 10.1 Å². The summed E-state index contributed by atoms with van der Waals surface area (Å²) in [5, 5.41) is 8.93. The highest BCUT2D eigenvalue weighted by Gasteiger charge is 2.10. The van der Waals surface area contributed by atoms with Crippen molar-refractivity contribution < 1.29 is 18.3 Å². The summed E-state index contributed by atoms with van der Waals surface area (Å²) in [7, 11) is 0. The Hall–Kier alpha value is -3.29. The van der Waals surface area contributed by atoms with Crippen molar-refractivity contribution in [1.82, 2.24) is 15.2 Å². The Kier molecular flexibility index (Phi) is 4.46. The maximum Gasteiger partial charge on any atom is 0.264 e. The van der Waals surface area contributed by atoms with Crippen molar-refractivity contribution in [3.63, 3.8) is 0 Å². The molecule has 24 heavy (non-hydrogen) atoms. The number of aromatic amines is 1. The second-order valence-electron chi connectivity index (χ2n) is 4.81. The summed E-state index contributed by atoms with van der Waals surface area (Å²) >= 11 is 0. The van der Waals surface area contributed by atoms with E-state index in [2.05, 4.69) is 20.5 Å². The molecule has 0 saturated carbocycles. The predicted octanol–water partition coefficient (Wildman–Crippen LogP) is 2.77. The number of benzene rings is 2. The first kappa shape index (κ1) is 15.6. The molecule has 0 fully saturated rings. The first-order chi connectivity index (χ1) is 11.6. The van der Waals surface area contributed by atoms with Gasteiger partial charge in [0.15, 0.2) is 12.4 Å². The minimum absolute atomic E-state index is 0.0576. The fourth-order valence-electron chi connectivity index (χ4n) is 1.92. The van der Waals surface area contributed by atoms with Crippen LogP contribution in [0.25, 0.3) is 11.4 Å². The normalized spacial score (nSPS) is 10.4. The van der Waals surface area contributed by atoms with Gasteiger partial charge in [-0.1, -0.05) is 6.07 Å². The number of hydrogen-bond acceptors (Lipinski definition) is 4.